The molecule has 0 aromatic heterocycles. The van der Waals surface area contributed by atoms with Gasteiger partial charge in [-0.15, -0.1) is 11.6 Å². The van der Waals surface area contributed by atoms with Gasteiger partial charge in [0.05, 0.1) is 0 Å². The fraction of sp³-hybridized carbons (Fsp3) is 0.0588. The minimum atomic E-state index is 0.322. The zero-order chi connectivity index (χ0) is 13.5. The summed E-state index contributed by atoms with van der Waals surface area (Å²) in [7, 11) is 0. The van der Waals surface area contributed by atoms with Gasteiger partial charge in [-0.3, -0.25) is 0 Å². The van der Waals surface area contributed by atoms with Gasteiger partial charge in [0.25, 0.3) is 0 Å². The third-order valence-electron chi connectivity index (χ3n) is 2.78. The van der Waals surface area contributed by atoms with Crippen molar-refractivity contribution < 1.29 is 5.11 Å². The third-order valence-corrected chi connectivity index (χ3v) is 3.07. The molecule has 1 N–H and O–H groups in total. The van der Waals surface area contributed by atoms with Crippen LogP contribution in [0.5, 0.6) is 5.75 Å². The molecule has 0 amide bonds. The molecule has 1 nitrogen and oxygen atoms in total. The minimum Gasteiger partial charge on any atom is -0.508 e. The van der Waals surface area contributed by atoms with Crippen molar-refractivity contribution in [1.82, 2.24) is 0 Å². The number of hydrogen-bond donors (Lipinski definition) is 1. The summed E-state index contributed by atoms with van der Waals surface area (Å²) in [6.45, 7) is 0. The zero-order valence-corrected chi connectivity index (χ0v) is 11.2. The highest BCUT2D eigenvalue weighted by atomic mass is 35.5. The van der Waals surface area contributed by atoms with Gasteiger partial charge in [-0.2, -0.15) is 0 Å². The first kappa shape index (κ1) is 13.4. The lowest BCUT2D eigenvalue weighted by Gasteiger charge is -2.01. The number of fused-ring (bicyclic) bond motifs is 1. The van der Waals surface area contributed by atoms with Gasteiger partial charge in [-0.1, -0.05) is 60.7 Å². The highest BCUT2D eigenvalue weighted by molar-refractivity contribution is 6.18. The number of alkyl halides is 1. The first-order chi connectivity index (χ1) is 9.31. The Morgan fingerprint density at radius 1 is 0.737 bits per heavy atom. The van der Waals surface area contributed by atoms with Gasteiger partial charge in [-0.05, 0) is 28.5 Å². The first-order valence-electron chi connectivity index (χ1n) is 6.08. The summed E-state index contributed by atoms with van der Waals surface area (Å²) in [5.74, 6) is 0.906. The molecule has 3 rings (SSSR count). The Balaban J connectivity index is 0.000000163. The molecule has 0 aliphatic carbocycles. The van der Waals surface area contributed by atoms with Crippen molar-refractivity contribution in [2.45, 2.75) is 5.88 Å². The van der Waals surface area contributed by atoms with Crippen LogP contribution >= 0.6 is 11.6 Å². The summed E-state index contributed by atoms with van der Waals surface area (Å²) >= 11 is 5.81. The van der Waals surface area contributed by atoms with Crippen molar-refractivity contribution in [1.29, 1.82) is 0 Å². The zero-order valence-electron chi connectivity index (χ0n) is 10.5. The minimum absolute atomic E-state index is 0.322. The van der Waals surface area contributed by atoms with Crippen molar-refractivity contribution in [2.24, 2.45) is 0 Å². The highest BCUT2D eigenvalue weighted by Gasteiger charge is 1.96. The molecule has 0 bridgehead atoms. The SMILES string of the molecule is ClCc1cccc2ccccc12.Oc1ccccc1. The van der Waals surface area contributed by atoms with Crippen LogP contribution in [0.3, 0.4) is 0 Å². The Labute approximate surface area is 118 Å². The summed E-state index contributed by atoms with van der Waals surface area (Å²) in [6.07, 6.45) is 0. The largest absolute Gasteiger partial charge is 0.508 e. The van der Waals surface area contributed by atoms with Gasteiger partial charge < -0.3 is 5.11 Å². The standard InChI is InChI=1S/C11H9Cl.C6H6O/c12-8-10-6-3-5-9-4-1-2-7-11(9)10;7-6-4-2-1-3-5-6/h1-7H,8H2;1-5,7H. The second kappa shape index (κ2) is 6.81. The maximum Gasteiger partial charge on any atom is 0.115 e. The molecule has 0 aliphatic rings. The average molecular weight is 271 g/mol. The van der Waals surface area contributed by atoms with Gasteiger partial charge in [0.15, 0.2) is 0 Å². The second-order valence-corrected chi connectivity index (χ2v) is 4.37. The number of halogens is 1. The number of para-hydroxylation sites is 1. The van der Waals surface area contributed by atoms with Crippen molar-refractivity contribution >= 4 is 22.4 Å². The van der Waals surface area contributed by atoms with Gasteiger partial charge in [0, 0.05) is 5.88 Å². The highest BCUT2D eigenvalue weighted by Crippen LogP contribution is 2.19. The predicted octanol–water partition coefficient (Wildman–Crippen LogP) is 4.97. The van der Waals surface area contributed by atoms with Crippen LogP contribution in [0, 0.1) is 0 Å². The van der Waals surface area contributed by atoms with Crippen LogP contribution in [0.15, 0.2) is 72.8 Å². The van der Waals surface area contributed by atoms with Crippen molar-refractivity contribution in [3.8, 4) is 5.75 Å². The third kappa shape index (κ3) is 3.73. The molecule has 0 saturated heterocycles. The molecule has 96 valence electrons. The summed E-state index contributed by atoms with van der Waals surface area (Å²) < 4.78 is 0. The number of hydrogen-bond acceptors (Lipinski definition) is 1. The number of phenolic OH excluding ortho intramolecular Hbond substituents is 1. The van der Waals surface area contributed by atoms with Crippen molar-refractivity contribution in [2.75, 3.05) is 0 Å². The van der Waals surface area contributed by atoms with E-state index in [0.29, 0.717) is 11.6 Å². The maximum atomic E-state index is 8.63. The first-order valence-corrected chi connectivity index (χ1v) is 6.61. The molecule has 0 aliphatic heterocycles. The van der Waals surface area contributed by atoms with Crippen LogP contribution in [0.1, 0.15) is 5.56 Å². The number of rotatable bonds is 1. The average Bonchev–Trinajstić information content (AvgIpc) is 2.48. The summed E-state index contributed by atoms with van der Waals surface area (Å²) in [5.41, 5.74) is 1.20. The van der Waals surface area contributed by atoms with Crippen LogP contribution in [-0.2, 0) is 5.88 Å². The topological polar surface area (TPSA) is 20.2 Å². The molecule has 3 aromatic rings. The maximum absolute atomic E-state index is 8.63. The van der Waals surface area contributed by atoms with Crippen molar-refractivity contribution in [3.05, 3.63) is 78.4 Å². The molecular weight excluding hydrogens is 256 g/mol. The Morgan fingerprint density at radius 2 is 1.37 bits per heavy atom. The smallest absolute Gasteiger partial charge is 0.115 e. The Hall–Kier alpha value is -1.99. The van der Waals surface area contributed by atoms with Crippen molar-refractivity contribution in [3.63, 3.8) is 0 Å². The normalized spacial score (nSPS) is 9.74. The van der Waals surface area contributed by atoms with Gasteiger partial charge in [0.2, 0.25) is 0 Å². The lowest BCUT2D eigenvalue weighted by Crippen LogP contribution is -1.79. The number of aromatic hydroxyl groups is 1. The van der Waals surface area contributed by atoms with E-state index in [0.717, 1.165) is 0 Å². The van der Waals surface area contributed by atoms with Gasteiger partial charge >= 0.3 is 0 Å². The fourth-order valence-electron chi connectivity index (χ4n) is 1.84. The summed E-state index contributed by atoms with van der Waals surface area (Å²) in [4.78, 5) is 0. The summed E-state index contributed by atoms with van der Waals surface area (Å²) in [5, 5.41) is 11.2. The molecule has 0 fully saturated rings. The van der Waals surface area contributed by atoms with Crippen LogP contribution in [0.4, 0.5) is 0 Å². The quantitative estimate of drug-likeness (QED) is 0.619. The molecule has 0 atom stereocenters. The number of benzene rings is 3. The lowest BCUT2D eigenvalue weighted by atomic mass is 10.1. The molecular formula is C17H15ClO. The van der Waals surface area contributed by atoms with E-state index in [1.165, 1.54) is 16.3 Å². The Morgan fingerprint density at radius 3 is 2.00 bits per heavy atom. The van der Waals surface area contributed by atoms with Gasteiger partial charge in [0.1, 0.15) is 5.75 Å². The monoisotopic (exact) mass is 270 g/mol. The molecule has 0 heterocycles. The van der Waals surface area contributed by atoms with E-state index in [1.807, 2.05) is 24.3 Å². The lowest BCUT2D eigenvalue weighted by molar-refractivity contribution is 0.475. The van der Waals surface area contributed by atoms with E-state index in [9.17, 15) is 0 Å². The van der Waals surface area contributed by atoms with E-state index in [1.54, 1.807) is 24.3 Å². The molecule has 0 unspecified atom stereocenters. The molecule has 0 radical (unpaired) electrons. The molecule has 19 heavy (non-hydrogen) atoms. The van der Waals surface area contributed by atoms with Crippen LogP contribution in [-0.4, -0.2) is 5.11 Å². The van der Waals surface area contributed by atoms with E-state index < -0.39 is 0 Å². The molecule has 0 spiro atoms. The van der Waals surface area contributed by atoms with E-state index in [-0.39, 0.29) is 0 Å². The second-order valence-electron chi connectivity index (χ2n) is 4.11. The number of phenols is 1. The van der Waals surface area contributed by atoms with Crippen LogP contribution < -0.4 is 0 Å². The molecule has 3 aromatic carbocycles. The Bertz CT molecular complexity index is 630. The molecule has 0 saturated carbocycles. The predicted molar refractivity (Wildman–Crippen MR) is 81.6 cm³/mol. The van der Waals surface area contributed by atoms with Crippen LogP contribution in [0.25, 0.3) is 10.8 Å². The summed E-state index contributed by atoms with van der Waals surface area (Å²) in [6, 6.07) is 23.2. The Kier molecular flexibility index (Phi) is 4.82. The fourth-order valence-corrected chi connectivity index (χ4v) is 2.07. The van der Waals surface area contributed by atoms with Crippen LogP contribution in [0.2, 0.25) is 0 Å². The molecule has 2 heteroatoms. The van der Waals surface area contributed by atoms with E-state index in [4.69, 9.17) is 16.7 Å². The van der Waals surface area contributed by atoms with Gasteiger partial charge in [-0.25, -0.2) is 0 Å². The van der Waals surface area contributed by atoms with E-state index in [2.05, 4.69) is 24.3 Å². The van der Waals surface area contributed by atoms with E-state index >= 15 is 0 Å².